The standard InChI is InChI=1S/C13H24N2O2S/c1-13(2,3)17-12(16)15-7-6-14-9-10(15)11-5-4-8-18-11/h10-11,14H,4-9H2,1-3H3. The number of nitrogens with zero attached hydrogens (tertiary/aromatic N) is 1. The Morgan fingerprint density at radius 3 is 2.83 bits per heavy atom. The maximum absolute atomic E-state index is 12.2. The third kappa shape index (κ3) is 3.54. The van der Waals surface area contributed by atoms with E-state index in [0.717, 1.165) is 19.6 Å². The van der Waals surface area contributed by atoms with Crippen LogP contribution in [-0.2, 0) is 4.74 Å². The second-order valence-corrected chi connectivity index (χ2v) is 7.34. The molecule has 2 fully saturated rings. The van der Waals surface area contributed by atoms with E-state index in [2.05, 4.69) is 5.32 Å². The van der Waals surface area contributed by atoms with Gasteiger partial charge in [-0.2, -0.15) is 11.8 Å². The Morgan fingerprint density at radius 1 is 1.44 bits per heavy atom. The fraction of sp³-hybridized carbons (Fsp3) is 0.923. The molecule has 2 aliphatic heterocycles. The van der Waals surface area contributed by atoms with Crippen LogP contribution in [0.15, 0.2) is 0 Å². The molecule has 0 radical (unpaired) electrons. The average molecular weight is 272 g/mol. The molecule has 0 aromatic carbocycles. The van der Waals surface area contributed by atoms with Crippen LogP contribution in [0.5, 0.6) is 0 Å². The van der Waals surface area contributed by atoms with Crippen molar-refractivity contribution in [2.45, 2.75) is 50.5 Å². The highest BCUT2D eigenvalue weighted by atomic mass is 32.2. The number of thioether (sulfide) groups is 1. The summed E-state index contributed by atoms with van der Waals surface area (Å²) in [5.74, 6) is 1.23. The zero-order valence-electron chi connectivity index (χ0n) is 11.6. The predicted octanol–water partition coefficient (Wildman–Crippen LogP) is 2.09. The Hall–Kier alpha value is -0.420. The van der Waals surface area contributed by atoms with Crippen LogP contribution in [-0.4, -0.2) is 53.3 Å². The van der Waals surface area contributed by atoms with Crippen molar-refractivity contribution in [1.29, 1.82) is 0 Å². The van der Waals surface area contributed by atoms with Crippen LogP contribution in [0.25, 0.3) is 0 Å². The molecule has 18 heavy (non-hydrogen) atoms. The summed E-state index contributed by atoms with van der Waals surface area (Å²) in [6.07, 6.45) is 2.34. The summed E-state index contributed by atoms with van der Waals surface area (Å²) in [7, 11) is 0. The molecule has 0 bridgehead atoms. The predicted molar refractivity (Wildman–Crippen MR) is 75.1 cm³/mol. The molecule has 0 saturated carbocycles. The maximum atomic E-state index is 12.2. The van der Waals surface area contributed by atoms with E-state index in [1.54, 1.807) is 0 Å². The van der Waals surface area contributed by atoms with Crippen LogP contribution in [0.4, 0.5) is 4.79 Å². The van der Waals surface area contributed by atoms with E-state index in [0.29, 0.717) is 11.3 Å². The van der Waals surface area contributed by atoms with Gasteiger partial charge in [0.1, 0.15) is 5.60 Å². The van der Waals surface area contributed by atoms with Crippen molar-refractivity contribution in [2.75, 3.05) is 25.4 Å². The van der Waals surface area contributed by atoms with Gasteiger partial charge in [-0.1, -0.05) is 0 Å². The summed E-state index contributed by atoms with van der Waals surface area (Å²) < 4.78 is 5.52. The molecule has 1 amide bonds. The molecule has 2 saturated heterocycles. The fourth-order valence-electron chi connectivity index (χ4n) is 2.51. The van der Waals surface area contributed by atoms with E-state index in [1.165, 1.54) is 18.6 Å². The number of carbonyl (C=O) groups is 1. The van der Waals surface area contributed by atoms with Gasteiger partial charge >= 0.3 is 6.09 Å². The number of rotatable bonds is 1. The van der Waals surface area contributed by atoms with Gasteiger partial charge in [0.15, 0.2) is 0 Å². The van der Waals surface area contributed by atoms with Gasteiger partial charge in [0.25, 0.3) is 0 Å². The summed E-state index contributed by atoms with van der Waals surface area (Å²) in [6.45, 7) is 8.30. The molecule has 2 heterocycles. The van der Waals surface area contributed by atoms with Crippen LogP contribution >= 0.6 is 11.8 Å². The van der Waals surface area contributed by atoms with Gasteiger partial charge in [-0.25, -0.2) is 4.79 Å². The molecule has 4 nitrogen and oxygen atoms in total. The highest BCUT2D eigenvalue weighted by Crippen LogP contribution is 2.32. The van der Waals surface area contributed by atoms with Crippen LogP contribution in [0, 0.1) is 0 Å². The lowest BCUT2D eigenvalue weighted by atomic mass is 10.1. The van der Waals surface area contributed by atoms with Gasteiger partial charge in [0.2, 0.25) is 0 Å². The number of carbonyl (C=O) groups excluding carboxylic acids is 1. The van der Waals surface area contributed by atoms with E-state index in [1.807, 2.05) is 37.4 Å². The molecule has 2 atom stereocenters. The number of piperazine rings is 1. The van der Waals surface area contributed by atoms with E-state index < -0.39 is 5.60 Å². The van der Waals surface area contributed by atoms with E-state index in [4.69, 9.17) is 4.74 Å². The van der Waals surface area contributed by atoms with Gasteiger partial charge in [-0.15, -0.1) is 0 Å². The highest BCUT2D eigenvalue weighted by Gasteiger charge is 2.36. The second kappa shape index (κ2) is 5.70. The van der Waals surface area contributed by atoms with Crippen molar-refractivity contribution in [3.05, 3.63) is 0 Å². The number of nitrogens with one attached hydrogen (secondary N) is 1. The van der Waals surface area contributed by atoms with Crippen LogP contribution in [0.3, 0.4) is 0 Å². The highest BCUT2D eigenvalue weighted by molar-refractivity contribution is 8.00. The zero-order chi connectivity index (χ0) is 13.2. The minimum atomic E-state index is -0.407. The van der Waals surface area contributed by atoms with E-state index in [-0.39, 0.29) is 6.09 Å². The fourth-order valence-corrected chi connectivity index (χ4v) is 3.95. The molecule has 2 aliphatic rings. The van der Waals surface area contributed by atoms with Crippen molar-refractivity contribution in [3.8, 4) is 0 Å². The minimum Gasteiger partial charge on any atom is -0.444 e. The maximum Gasteiger partial charge on any atom is 0.410 e. The first-order valence-electron chi connectivity index (χ1n) is 6.79. The Bertz CT molecular complexity index is 298. The van der Waals surface area contributed by atoms with Gasteiger partial charge in [0.05, 0.1) is 6.04 Å². The monoisotopic (exact) mass is 272 g/mol. The first kappa shape index (κ1) is 14.0. The lowest BCUT2D eigenvalue weighted by Gasteiger charge is -2.39. The third-order valence-electron chi connectivity index (χ3n) is 3.31. The number of hydrogen-bond acceptors (Lipinski definition) is 4. The number of amides is 1. The lowest BCUT2D eigenvalue weighted by Crippen LogP contribution is -2.58. The molecule has 0 aromatic rings. The first-order valence-corrected chi connectivity index (χ1v) is 7.84. The topological polar surface area (TPSA) is 41.6 Å². The Morgan fingerprint density at radius 2 is 2.22 bits per heavy atom. The van der Waals surface area contributed by atoms with Crippen molar-refractivity contribution in [1.82, 2.24) is 10.2 Å². The molecule has 0 spiro atoms. The molecular formula is C13H24N2O2S. The van der Waals surface area contributed by atoms with E-state index in [9.17, 15) is 4.79 Å². The number of ether oxygens (including phenoxy) is 1. The van der Waals surface area contributed by atoms with Crippen molar-refractivity contribution < 1.29 is 9.53 Å². The van der Waals surface area contributed by atoms with Crippen LogP contribution < -0.4 is 5.32 Å². The van der Waals surface area contributed by atoms with Crippen LogP contribution in [0.1, 0.15) is 33.6 Å². The SMILES string of the molecule is CC(C)(C)OC(=O)N1CCNCC1C1CCCS1. The molecule has 104 valence electrons. The lowest BCUT2D eigenvalue weighted by molar-refractivity contribution is 0.0118. The molecule has 2 rings (SSSR count). The molecular weight excluding hydrogens is 248 g/mol. The quantitative estimate of drug-likeness (QED) is 0.793. The molecule has 1 N–H and O–H groups in total. The number of hydrogen-bond donors (Lipinski definition) is 1. The van der Waals surface area contributed by atoms with Gasteiger partial charge in [-0.3, -0.25) is 0 Å². The largest absolute Gasteiger partial charge is 0.444 e. The summed E-state index contributed by atoms with van der Waals surface area (Å²) in [6, 6.07) is 0.293. The zero-order valence-corrected chi connectivity index (χ0v) is 12.4. The summed E-state index contributed by atoms with van der Waals surface area (Å²) in [5, 5.41) is 3.97. The van der Waals surface area contributed by atoms with Gasteiger partial charge < -0.3 is 15.0 Å². The average Bonchev–Trinajstić information content (AvgIpc) is 2.80. The summed E-state index contributed by atoms with van der Waals surface area (Å²) in [4.78, 5) is 14.2. The minimum absolute atomic E-state index is 0.151. The molecule has 0 aliphatic carbocycles. The third-order valence-corrected chi connectivity index (χ3v) is 4.81. The van der Waals surface area contributed by atoms with Crippen molar-refractivity contribution in [2.24, 2.45) is 0 Å². The Labute approximate surface area is 114 Å². The summed E-state index contributed by atoms with van der Waals surface area (Å²) >= 11 is 2.00. The smallest absolute Gasteiger partial charge is 0.410 e. The normalized spacial score (nSPS) is 29.4. The van der Waals surface area contributed by atoms with Crippen molar-refractivity contribution in [3.63, 3.8) is 0 Å². The van der Waals surface area contributed by atoms with Gasteiger partial charge in [-0.05, 0) is 39.4 Å². The van der Waals surface area contributed by atoms with Crippen molar-refractivity contribution >= 4 is 17.9 Å². The second-order valence-electron chi connectivity index (χ2n) is 6.00. The first-order chi connectivity index (χ1) is 8.47. The summed E-state index contributed by atoms with van der Waals surface area (Å²) in [5.41, 5.74) is -0.407. The molecule has 5 heteroatoms. The molecule has 0 aromatic heterocycles. The molecule has 2 unspecified atom stereocenters. The van der Waals surface area contributed by atoms with Crippen LogP contribution in [0.2, 0.25) is 0 Å². The Kier molecular flexibility index (Phi) is 4.43. The van der Waals surface area contributed by atoms with E-state index >= 15 is 0 Å². The Balaban J connectivity index is 2.00. The van der Waals surface area contributed by atoms with Gasteiger partial charge in [0, 0.05) is 24.9 Å².